The lowest BCUT2D eigenvalue weighted by atomic mass is 10.1. The molecule has 74 valence electrons. The molecule has 0 spiro atoms. The lowest BCUT2D eigenvalue weighted by Gasteiger charge is -2.14. The number of hydrogen-bond donors (Lipinski definition) is 1. The van der Waals surface area contributed by atoms with Crippen molar-refractivity contribution >= 4 is 6.09 Å². The number of carboxylic acid groups (broad SMARTS) is 1. The van der Waals surface area contributed by atoms with E-state index in [0.717, 1.165) is 11.3 Å². The summed E-state index contributed by atoms with van der Waals surface area (Å²) >= 11 is 0. The Balaban J connectivity index is 2.18. The van der Waals surface area contributed by atoms with Crippen molar-refractivity contribution in [1.82, 2.24) is 14.9 Å². The van der Waals surface area contributed by atoms with Gasteiger partial charge in [-0.25, -0.2) is 14.8 Å². The van der Waals surface area contributed by atoms with Gasteiger partial charge in [0.2, 0.25) is 0 Å². The molecule has 1 aromatic rings. The van der Waals surface area contributed by atoms with E-state index in [1.54, 1.807) is 6.20 Å². The number of nitrogens with zero attached hydrogens (tertiary/aromatic N) is 3. The maximum Gasteiger partial charge on any atom is 0.407 e. The van der Waals surface area contributed by atoms with E-state index in [4.69, 9.17) is 5.11 Å². The average molecular weight is 193 g/mol. The van der Waals surface area contributed by atoms with Gasteiger partial charge in [0.15, 0.2) is 0 Å². The van der Waals surface area contributed by atoms with Gasteiger partial charge in [-0.2, -0.15) is 0 Å². The van der Waals surface area contributed by atoms with Gasteiger partial charge in [-0.05, 0) is 12.0 Å². The number of aromatic nitrogens is 2. The minimum atomic E-state index is -0.856. The van der Waals surface area contributed by atoms with Crippen molar-refractivity contribution in [2.75, 3.05) is 13.1 Å². The summed E-state index contributed by atoms with van der Waals surface area (Å²) in [6.07, 6.45) is 3.82. The third-order valence-electron chi connectivity index (χ3n) is 2.42. The summed E-state index contributed by atoms with van der Waals surface area (Å²) in [6.45, 7) is 1.06. The van der Waals surface area contributed by atoms with Crippen LogP contribution in [-0.4, -0.2) is 39.2 Å². The third kappa shape index (κ3) is 1.66. The second kappa shape index (κ2) is 3.61. The normalized spacial score (nSPS) is 15.9. The standard InChI is InChI=1S/C9H11N3O2/c13-9(14)12-3-1-7-5-10-6-11-8(7)2-4-12/h5-6H,1-4H2,(H,13,14). The van der Waals surface area contributed by atoms with Crippen LogP contribution in [0.1, 0.15) is 11.3 Å². The fraction of sp³-hybridized carbons (Fsp3) is 0.444. The quantitative estimate of drug-likeness (QED) is 0.653. The highest BCUT2D eigenvalue weighted by Gasteiger charge is 2.17. The highest BCUT2D eigenvalue weighted by atomic mass is 16.4. The topological polar surface area (TPSA) is 66.3 Å². The molecule has 5 nitrogen and oxygen atoms in total. The van der Waals surface area contributed by atoms with Crippen LogP contribution in [0.4, 0.5) is 4.79 Å². The van der Waals surface area contributed by atoms with Gasteiger partial charge < -0.3 is 10.0 Å². The molecule has 0 atom stereocenters. The molecule has 2 heterocycles. The summed E-state index contributed by atoms with van der Waals surface area (Å²) in [5.41, 5.74) is 2.04. The molecule has 1 N–H and O–H groups in total. The van der Waals surface area contributed by atoms with Crippen LogP contribution in [0, 0.1) is 0 Å². The summed E-state index contributed by atoms with van der Waals surface area (Å²) in [7, 11) is 0. The van der Waals surface area contributed by atoms with Crippen molar-refractivity contribution in [1.29, 1.82) is 0 Å². The van der Waals surface area contributed by atoms with Crippen LogP contribution in [0.5, 0.6) is 0 Å². The first kappa shape index (κ1) is 8.93. The summed E-state index contributed by atoms with van der Waals surface area (Å²) in [4.78, 5) is 20.2. The Morgan fingerprint density at radius 2 is 2.21 bits per heavy atom. The predicted molar refractivity (Wildman–Crippen MR) is 49.0 cm³/mol. The number of hydrogen-bond acceptors (Lipinski definition) is 3. The fourth-order valence-corrected chi connectivity index (χ4v) is 1.62. The molecule has 0 bridgehead atoms. The van der Waals surface area contributed by atoms with Gasteiger partial charge in [0.05, 0.1) is 0 Å². The zero-order valence-corrected chi connectivity index (χ0v) is 7.68. The first-order chi connectivity index (χ1) is 6.77. The molecule has 2 rings (SSSR count). The summed E-state index contributed by atoms with van der Waals surface area (Å²) in [5, 5.41) is 8.83. The van der Waals surface area contributed by atoms with Gasteiger partial charge in [0.1, 0.15) is 6.33 Å². The van der Waals surface area contributed by atoms with Crippen molar-refractivity contribution < 1.29 is 9.90 Å². The predicted octanol–water partition coefficient (Wildman–Crippen LogP) is 0.555. The van der Waals surface area contributed by atoms with Crippen molar-refractivity contribution in [3.05, 3.63) is 23.8 Å². The Labute approximate surface area is 81.4 Å². The average Bonchev–Trinajstić information content (AvgIpc) is 2.39. The highest BCUT2D eigenvalue weighted by Crippen LogP contribution is 2.11. The summed E-state index contributed by atoms with van der Waals surface area (Å²) in [6, 6.07) is 0. The van der Waals surface area contributed by atoms with E-state index in [9.17, 15) is 4.79 Å². The van der Waals surface area contributed by atoms with Gasteiger partial charge >= 0.3 is 6.09 Å². The molecule has 0 fully saturated rings. The van der Waals surface area contributed by atoms with Gasteiger partial charge in [-0.1, -0.05) is 0 Å². The molecule has 1 aromatic heterocycles. The van der Waals surface area contributed by atoms with Crippen molar-refractivity contribution in [2.24, 2.45) is 0 Å². The number of amides is 1. The Morgan fingerprint density at radius 3 is 3.00 bits per heavy atom. The van der Waals surface area contributed by atoms with Gasteiger partial charge in [-0.15, -0.1) is 0 Å². The monoisotopic (exact) mass is 193 g/mol. The number of fused-ring (bicyclic) bond motifs is 1. The molecule has 0 unspecified atom stereocenters. The second-order valence-electron chi connectivity index (χ2n) is 3.26. The van der Waals surface area contributed by atoms with E-state index < -0.39 is 6.09 Å². The molecular weight excluding hydrogens is 182 g/mol. The minimum Gasteiger partial charge on any atom is -0.465 e. The molecule has 0 aliphatic carbocycles. The fourth-order valence-electron chi connectivity index (χ4n) is 1.62. The third-order valence-corrected chi connectivity index (χ3v) is 2.42. The lowest BCUT2D eigenvalue weighted by molar-refractivity contribution is 0.147. The SMILES string of the molecule is O=C(O)N1CCc2cncnc2CC1. The van der Waals surface area contributed by atoms with Crippen molar-refractivity contribution in [3.63, 3.8) is 0 Å². The van der Waals surface area contributed by atoms with Crippen LogP contribution in [0.2, 0.25) is 0 Å². The Hall–Kier alpha value is -1.65. The highest BCUT2D eigenvalue weighted by molar-refractivity contribution is 5.65. The van der Waals surface area contributed by atoms with Gasteiger partial charge in [0.25, 0.3) is 0 Å². The Morgan fingerprint density at radius 1 is 1.43 bits per heavy atom. The molecule has 0 saturated heterocycles. The number of rotatable bonds is 0. The van der Waals surface area contributed by atoms with Crippen LogP contribution in [0.25, 0.3) is 0 Å². The molecule has 5 heteroatoms. The molecule has 1 aliphatic rings. The molecule has 0 aromatic carbocycles. The van der Waals surface area contributed by atoms with Crippen LogP contribution in [-0.2, 0) is 12.8 Å². The number of carbonyl (C=O) groups is 1. The van der Waals surface area contributed by atoms with E-state index >= 15 is 0 Å². The molecule has 14 heavy (non-hydrogen) atoms. The first-order valence-corrected chi connectivity index (χ1v) is 4.53. The van der Waals surface area contributed by atoms with Crippen LogP contribution >= 0.6 is 0 Å². The van der Waals surface area contributed by atoms with E-state index in [0.29, 0.717) is 25.9 Å². The van der Waals surface area contributed by atoms with E-state index in [1.807, 2.05) is 0 Å². The van der Waals surface area contributed by atoms with Crippen LogP contribution < -0.4 is 0 Å². The van der Waals surface area contributed by atoms with E-state index in [-0.39, 0.29) is 0 Å². The van der Waals surface area contributed by atoms with Crippen LogP contribution in [0.15, 0.2) is 12.5 Å². The van der Waals surface area contributed by atoms with Gasteiger partial charge in [-0.3, -0.25) is 0 Å². The van der Waals surface area contributed by atoms with Crippen LogP contribution in [0.3, 0.4) is 0 Å². The van der Waals surface area contributed by atoms with Crippen molar-refractivity contribution in [3.8, 4) is 0 Å². The zero-order valence-electron chi connectivity index (χ0n) is 7.68. The molecule has 0 saturated carbocycles. The summed E-state index contributed by atoms with van der Waals surface area (Å²) < 4.78 is 0. The van der Waals surface area contributed by atoms with Gasteiger partial charge in [0, 0.05) is 31.4 Å². The minimum absolute atomic E-state index is 0.527. The van der Waals surface area contributed by atoms with Crippen molar-refractivity contribution in [2.45, 2.75) is 12.8 Å². The zero-order chi connectivity index (χ0) is 9.97. The van der Waals surface area contributed by atoms with E-state index in [2.05, 4.69) is 9.97 Å². The maximum absolute atomic E-state index is 10.7. The largest absolute Gasteiger partial charge is 0.465 e. The molecule has 1 aliphatic heterocycles. The lowest BCUT2D eigenvalue weighted by Crippen LogP contribution is -2.31. The molecule has 0 radical (unpaired) electrons. The molecular formula is C9H11N3O2. The summed E-state index contributed by atoms with van der Waals surface area (Å²) in [5.74, 6) is 0. The Kier molecular flexibility index (Phi) is 2.30. The maximum atomic E-state index is 10.7. The second-order valence-corrected chi connectivity index (χ2v) is 3.26. The van der Waals surface area contributed by atoms with E-state index in [1.165, 1.54) is 11.2 Å². The Bertz CT molecular complexity index is 327. The first-order valence-electron chi connectivity index (χ1n) is 4.53. The smallest absolute Gasteiger partial charge is 0.407 e. The molecule has 1 amide bonds.